The highest BCUT2D eigenvalue weighted by Crippen LogP contribution is 2.38. The van der Waals surface area contributed by atoms with Gasteiger partial charge in [-0.05, 0) is 64.2 Å². The highest BCUT2D eigenvalue weighted by Gasteiger charge is 2.23. The summed E-state index contributed by atoms with van der Waals surface area (Å²) in [5.41, 5.74) is 0. The normalized spacial score (nSPS) is 14.5. The van der Waals surface area contributed by atoms with E-state index in [-0.39, 0.29) is 12.5 Å². The summed E-state index contributed by atoms with van der Waals surface area (Å²) in [5, 5.41) is 13.8. The number of rotatable bonds is 46. The molecule has 358 valence electrons. The van der Waals surface area contributed by atoms with Crippen LogP contribution in [0.5, 0.6) is 0 Å². The number of allylic oxidation sites excluding steroid dienone is 7. The quantitative estimate of drug-likeness (QED) is 0.0273. The Morgan fingerprint density at radius 3 is 1.46 bits per heavy atom. The van der Waals surface area contributed by atoms with E-state index in [1.807, 2.05) is 27.2 Å². The Balaban J connectivity index is 4.34. The maximum absolute atomic E-state index is 12.9. The minimum atomic E-state index is -4.60. The number of carbonyl (C=O) groups is 1. The first-order chi connectivity index (χ1) is 29.5. The summed E-state index contributed by atoms with van der Waals surface area (Å²) >= 11 is 0. The molecule has 0 aromatic heterocycles. The SMILES string of the molecule is CCCCC/C=C\C/C=C\CCCCCCCC(=O)NC(COP(=O)([O-])OCC[N+](C)(C)C)C(O)/C=C/CC/C=C/CCCCCCCCCCCCCCCCCCCC. The van der Waals surface area contributed by atoms with Crippen LogP contribution < -0.4 is 10.2 Å². The molecule has 0 saturated carbocycles. The third-order valence-electron chi connectivity index (χ3n) is 11.3. The van der Waals surface area contributed by atoms with Crippen LogP contribution >= 0.6 is 7.82 Å². The van der Waals surface area contributed by atoms with Gasteiger partial charge in [0.2, 0.25) is 5.91 Å². The van der Waals surface area contributed by atoms with Gasteiger partial charge in [-0.25, -0.2) is 0 Å². The Morgan fingerprint density at radius 1 is 0.574 bits per heavy atom. The number of amides is 1. The second-order valence-corrected chi connectivity index (χ2v) is 19.9. The Bertz CT molecular complexity index is 1130. The number of nitrogens with one attached hydrogen (secondary N) is 1. The fourth-order valence-electron chi connectivity index (χ4n) is 7.20. The van der Waals surface area contributed by atoms with Gasteiger partial charge in [0.1, 0.15) is 13.2 Å². The zero-order valence-electron chi connectivity index (χ0n) is 40.6. The first-order valence-electron chi connectivity index (χ1n) is 25.5. The fraction of sp³-hybridized carbons (Fsp3) is 0.827. The van der Waals surface area contributed by atoms with Crippen LogP contribution in [0.25, 0.3) is 0 Å². The van der Waals surface area contributed by atoms with E-state index in [4.69, 9.17) is 9.05 Å². The lowest BCUT2D eigenvalue weighted by Crippen LogP contribution is -2.45. The van der Waals surface area contributed by atoms with Crippen molar-refractivity contribution in [1.82, 2.24) is 5.32 Å². The summed E-state index contributed by atoms with van der Waals surface area (Å²) in [7, 11) is 1.23. The molecule has 1 amide bonds. The monoisotopic (exact) mass is 879 g/mol. The van der Waals surface area contributed by atoms with E-state index in [9.17, 15) is 19.4 Å². The van der Waals surface area contributed by atoms with Crippen molar-refractivity contribution in [3.05, 3.63) is 48.6 Å². The zero-order chi connectivity index (χ0) is 45.0. The maximum atomic E-state index is 12.9. The zero-order valence-corrected chi connectivity index (χ0v) is 41.5. The van der Waals surface area contributed by atoms with Crippen molar-refractivity contribution in [2.45, 2.75) is 238 Å². The molecular formula is C52H99N2O6P. The van der Waals surface area contributed by atoms with Crippen LogP contribution in [0, 0.1) is 0 Å². The van der Waals surface area contributed by atoms with Gasteiger partial charge in [0.05, 0.1) is 39.9 Å². The summed E-state index contributed by atoms with van der Waals surface area (Å²) in [4.78, 5) is 25.4. The Kier molecular flexibility index (Phi) is 42.6. The molecule has 0 aliphatic carbocycles. The highest BCUT2D eigenvalue weighted by molar-refractivity contribution is 7.45. The molecule has 0 aromatic carbocycles. The molecule has 0 heterocycles. The Hall–Kier alpha value is -1.54. The largest absolute Gasteiger partial charge is 0.756 e. The predicted molar refractivity (Wildman–Crippen MR) is 261 cm³/mol. The number of hydrogen-bond acceptors (Lipinski definition) is 6. The number of quaternary nitrogens is 1. The number of nitrogens with zero attached hydrogens (tertiary/aromatic N) is 1. The van der Waals surface area contributed by atoms with Crippen molar-refractivity contribution >= 4 is 13.7 Å². The Labute approximate surface area is 378 Å². The molecule has 0 fully saturated rings. The molecular weight excluding hydrogens is 780 g/mol. The van der Waals surface area contributed by atoms with Crippen LogP contribution in [0.4, 0.5) is 0 Å². The average Bonchev–Trinajstić information content (AvgIpc) is 3.21. The number of carbonyl (C=O) groups excluding carboxylic acids is 1. The van der Waals surface area contributed by atoms with Crippen molar-refractivity contribution in [3.8, 4) is 0 Å². The summed E-state index contributed by atoms with van der Waals surface area (Å²) < 4.78 is 23.2. The lowest BCUT2D eigenvalue weighted by molar-refractivity contribution is -0.870. The molecule has 0 saturated heterocycles. The van der Waals surface area contributed by atoms with Crippen LogP contribution in [0.1, 0.15) is 226 Å². The maximum Gasteiger partial charge on any atom is 0.268 e. The molecule has 3 unspecified atom stereocenters. The van der Waals surface area contributed by atoms with Gasteiger partial charge in [0.25, 0.3) is 7.82 Å². The van der Waals surface area contributed by atoms with Crippen molar-refractivity contribution in [2.75, 3.05) is 40.9 Å². The van der Waals surface area contributed by atoms with E-state index in [0.29, 0.717) is 17.4 Å². The molecule has 0 aliphatic rings. The molecule has 2 N–H and O–H groups in total. The predicted octanol–water partition coefficient (Wildman–Crippen LogP) is 14.2. The number of aliphatic hydroxyl groups excluding tert-OH is 1. The molecule has 61 heavy (non-hydrogen) atoms. The van der Waals surface area contributed by atoms with Gasteiger partial charge in [-0.15, -0.1) is 0 Å². The van der Waals surface area contributed by atoms with Gasteiger partial charge < -0.3 is 28.8 Å². The van der Waals surface area contributed by atoms with Crippen LogP contribution in [-0.4, -0.2) is 68.5 Å². The van der Waals surface area contributed by atoms with Crippen LogP contribution in [-0.2, 0) is 18.4 Å². The third-order valence-corrected chi connectivity index (χ3v) is 12.2. The minimum absolute atomic E-state index is 0.0103. The summed E-state index contributed by atoms with van der Waals surface area (Å²) in [6, 6.07) is -0.911. The first-order valence-corrected chi connectivity index (χ1v) is 27.0. The van der Waals surface area contributed by atoms with Crippen molar-refractivity contribution in [3.63, 3.8) is 0 Å². The molecule has 0 aromatic rings. The lowest BCUT2D eigenvalue weighted by atomic mass is 10.0. The van der Waals surface area contributed by atoms with E-state index in [1.165, 1.54) is 141 Å². The van der Waals surface area contributed by atoms with Crippen LogP contribution in [0.15, 0.2) is 48.6 Å². The summed E-state index contributed by atoms with van der Waals surface area (Å²) in [6.45, 7) is 4.60. The number of aliphatic hydroxyl groups is 1. The molecule has 0 spiro atoms. The van der Waals surface area contributed by atoms with Crippen molar-refractivity contribution in [1.29, 1.82) is 0 Å². The molecule has 9 heteroatoms. The standard InChI is InChI=1S/C52H99N2O6P/c1-6-8-10-12-14-16-18-20-22-23-24-25-26-27-28-29-30-32-33-35-37-39-41-43-45-51(55)50(49-60-61(57,58)59-48-47-54(3,4)5)53-52(56)46-44-42-40-38-36-34-31-21-19-17-15-13-11-9-7-2/h15,17,21,31,35,37,43,45,50-51,55H,6-14,16,18-20,22-30,32-34,36,38-42,44,46-49H2,1-5H3,(H-,53,56,57,58)/b17-15-,31-21-,37-35+,45-43+. The van der Waals surface area contributed by atoms with E-state index in [1.54, 1.807) is 6.08 Å². The van der Waals surface area contributed by atoms with Gasteiger partial charge in [0, 0.05) is 6.42 Å². The van der Waals surface area contributed by atoms with E-state index in [2.05, 4.69) is 55.6 Å². The number of likely N-dealkylation sites (N-methyl/N-ethyl adjacent to an activating group) is 1. The Morgan fingerprint density at radius 2 is 0.967 bits per heavy atom. The van der Waals surface area contributed by atoms with E-state index < -0.39 is 26.6 Å². The summed E-state index contributed by atoms with van der Waals surface area (Å²) in [5.74, 6) is -0.221. The molecule has 0 radical (unpaired) electrons. The highest BCUT2D eigenvalue weighted by atomic mass is 31.2. The molecule has 8 nitrogen and oxygen atoms in total. The van der Waals surface area contributed by atoms with Crippen LogP contribution in [0.3, 0.4) is 0 Å². The fourth-order valence-corrected chi connectivity index (χ4v) is 7.92. The second kappa shape index (κ2) is 43.7. The summed E-state index contributed by atoms with van der Waals surface area (Å²) in [6.07, 6.45) is 56.1. The minimum Gasteiger partial charge on any atom is -0.756 e. The molecule has 0 rings (SSSR count). The second-order valence-electron chi connectivity index (χ2n) is 18.5. The van der Waals surface area contributed by atoms with Gasteiger partial charge in [-0.3, -0.25) is 9.36 Å². The number of phosphoric ester groups is 1. The van der Waals surface area contributed by atoms with Crippen molar-refractivity contribution < 1.29 is 32.9 Å². The molecule has 3 atom stereocenters. The smallest absolute Gasteiger partial charge is 0.268 e. The van der Waals surface area contributed by atoms with Gasteiger partial charge in [-0.2, -0.15) is 0 Å². The van der Waals surface area contributed by atoms with E-state index in [0.717, 1.165) is 64.2 Å². The van der Waals surface area contributed by atoms with E-state index >= 15 is 0 Å². The van der Waals surface area contributed by atoms with Gasteiger partial charge in [-0.1, -0.05) is 204 Å². The molecule has 0 aliphatic heterocycles. The molecule has 0 bridgehead atoms. The average molecular weight is 879 g/mol. The van der Waals surface area contributed by atoms with Crippen molar-refractivity contribution in [2.24, 2.45) is 0 Å². The number of unbranched alkanes of at least 4 members (excludes halogenated alkanes) is 27. The lowest BCUT2D eigenvalue weighted by Gasteiger charge is -2.29. The van der Waals surface area contributed by atoms with Gasteiger partial charge >= 0.3 is 0 Å². The van der Waals surface area contributed by atoms with Crippen LogP contribution in [0.2, 0.25) is 0 Å². The van der Waals surface area contributed by atoms with Gasteiger partial charge in [0.15, 0.2) is 0 Å². The topological polar surface area (TPSA) is 108 Å². The first kappa shape index (κ1) is 59.5. The third kappa shape index (κ3) is 46.3. The number of phosphoric acid groups is 1. The number of hydrogen-bond donors (Lipinski definition) is 2.